The summed E-state index contributed by atoms with van der Waals surface area (Å²) in [7, 11) is 1.61. The summed E-state index contributed by atoms with van der Waals surface area (Å²) in [6.45, 7) is 0. The average Bonchev–Trinajstić information content (AvgIpc) is 3.41. The molecule has 7 heteroatoms. The molecule has 2 aromatic rings. The van der Waals surface area contributed by atoms with Crippen LogP contribution in [0.3, 0.4) is 0 Å². The zero-order valence-corrected chi connectivity index (χ0v) is 15.8. The summed E-state index contributed by atoms with van der Waals surface area (Å²) in [6, 6.07) is 9.11. The molecule has 1 amide bonds. The number of nitrogens with zero attached hydrogens (tertiary/aromatic N) is 2. The van der Waals surface area contributed by atoms with Crippen LogP contribution in [-0.2, 0) is 9.63 Å². The van der Waals surface area contributed by atoms with Crippen molar-refractivity contribution >= 4 is 17.3 Å². The summed E-state index contributed by atoms with van der Waals surface area (Å²) < 4.78 is 11.5. The molecule has 1 aliphatic carbocycles. The SMILES string of the molecule is COc1ccc(NC(=O)[C@@H]2CC(c3cccnc3)=NO2)cc1OC1CCCC1. The van der Waals surface area contributed by atoms with E-state index in [9.17, 15) is 4.79 Å². The molecular formula is C21H23N3O4. The number of carbonyl (C=O) groups is 1. The number of rotatable bonds is 6. The second kappa shape index (κ2) is 8.29. The molecule has 1 aliphatic heterocycles. The lowest BCUT2D eigenvalue weighted by molar-refractivity contribution is -0.125. The van der Waals surface area contributed by atoms with Crippen LogP contribution in [0.25, 0.3) is 0 Å². The second-order valence-corrected chi connectivity index (χ2v) is 6.96. The van der Waals surface area contributed by atoms with Crippen LogP contribution in [-0.4, -0.2) is 35.9 Å². The molecule has 7 nitrogen and oxygen atoms in total. The average molecular weight is 381 g/mol. The molecule has 2 aliphatic rings. The Bertz CT molecular complexity index is 863. The molecule has 1 saturated carbocycles. The first kappa shape index (κ1) is 18.3. The minimum atomic E-state index is -0.670. The molecule has 146 valence electrons. The van der Waals surface area contributed by atoms with Crippen LogP contribution < -0.4 is 14.8 Å². The van der Waals surface area contributed by atoms with Gasteiger partial charge in [0, 0.05) is 36.1 Å². The van der Waals surface area contributed by atoms with Crippen molar-refractivity contribution in [1.29, 1.82) is 0 Å². The van der Waals surface area contributed by atoms with Gasteiger partial charge < -0.3 is 19.6 Å². The lowest BCUT2D eigenvalue weighted by atomic mass is 10.1. The molecule has 28 heavy (non-hydrogen) atoms. The normalized spacial score (nSPS) is 19.0. The highest BCUT2D eigenvalue weighted by Crippen LogP contribution is 2.34. The Morgan fingerprint density at radius 1 is 1.21 bits per heavy atom. The minimum Gasteiger partial charge on any atom is -0.493 e. The Kier molecular flexibility index (Phi) is 5.41. The molecular weight excluding hydrogens is 358 g/mol. The maximum absolute atomic E-state index is 12.6. The van der Waals surface area contributed by atoms with E-state index in [0.717, 1.165) is 18.4 Å². The van der Waals surface area contributed by atoms with Gasteiger partial charge in [-0.3, -0.25) is 9.78 Å². The van der Waals surface area contributed by atoms with Crippen LogP contribution in [0.15, 0.2) is 47.9 Å². The maximum Gasteiger partial charge on any atom is 0.268 e. The molecule has 4 rings (SSSR count). The lowest BCUT2D eigenvalue weighted by Gasteiger charge is -2.17. The van der Waals surface area contributed by atoms with Crippen molar-refractivity contribution in [1.82, 2.24) is 4.98 Å². The Hall–Kier alpha value is -3.09. The monoisotopic (exact) mass is 381 g/mol. The fourth-order valence-corrected chi connectivity index (χ4v) is 3.48. The minimum absolute atomic E-state index is 0.202. The predicted octanol–water partition coefficient (Wildman–Crippen LogP) is 3.54. The first-order valence-corrected chi connectivity index (χ1v) is 9.51. The summed E-state index contributed by atoms with van der Waals surface area (Å²) in [6.07, 6.45) is 7.79. The Morgan fingerprint density at radius 2 is 2.07 bits per heavy atom. The number of aromatic nitrogens is 1. The molecule has 1 N–H and O–H groups in total. The van der Waals surface area contributed by atoms with Crippen LogP contribution in [0.2, 0.25) is 0 Å². The van der Waals surface area contributed by atoms with E-state index in [1.165, 1.54) is 12.8 Å². The van der Waals surface area contributed by atoms with Crippen molar-refractivity contribution in [3.63, 3.8) is 0 Å². The van der Waals surface area contributed by atoms with Gasteiger partial charge in [-0.2, -0.15) is 0 Å². The highest BCUT2D eigenvalue weighted by molar-refractivity contribution is 6.06. The van der Waals surface area contributed by atoms with E-state index in [2.05, 4.69) is 15.5 Å². The van der Waals surface area contributed by atoms with Gasteiger partial charge in [0.2, 0.25) is 6.10 Å². The van der Waals surface area contributed by atoms with E-state index < -0.39 is 6.10 Å². The predicted molar refractivity (Wildman–Crippen MR) is 105 cm³/mol. The number of oxime groups is 1. The van der Waals surface area contributed by atoms with E-state index in [0.29, 0.717) is 29.3 Å². The number of methoxy groups -OCH3 is 1. The van der Waals surface area contributed by atoms with Crippen molar-refractivity contribution in [3.8, 4) is 11.5 Å². The van der Waals surface area contributed by atoms with Crippen molar-refractivity contribution in [3.05, 3.63) is 48.3 Å². The number of amides is 1. The molecule has 0 spiro atoms. The Balaban J connectivity index is 1.40. The van der Waals surface area contributed by atoms with Gasteiger partial charge in [-0.05, 0) is 49.9 Å². The van der Waals surface area contributed by atoms with E-state index >= 15 is 0 Å². The van der Waals surface area contributed by atoms with E-state index in [4.69, 9.17) is 14.3 Å². The van der Waals surface area contributed by atoms with Gasteiger partial charge in [0.05, 0.1) is 18.9 Å². The molecule has 1 aromatic carbocycles. The van der Waals surface area contributed by atoms with Gasteiger partial charge in [0.1, 0.15) is 0 Å². The summed E-state index contributed by atoms with van der Waals surface area (Å²) >= 11 is 0. The van der Waals surface area contributed by atoms with Gasteiger partial charge >= 0.3 is 0 Å². The largest absolute Gasteiger partial charge is 0.493 e. The standard InChI is InChI=1S/C21H23N3O4/c1-26-18-9-8-15(11-19(18)27-16-6-2-3-7-16)23-21(25)20-12-17(24-28-20)14-5-4-10-22-13-14/h4-5,8-11,13,16,20H,2-3,6-7,12H2,1H3,(H,23,25)/t20-/m0/s1. The van der Waals surface area contributed by atoms with Gasteiger partial charge in [-0.1, -0.05) is 5.16 Å². The summed E-state index contributed by atoms with van der Waals surface area (Å²) in [5, 5.41) is 6.92. The number of nitrogens with one attached hydrogen (secondary N) is 1. The smallest absolute Gasteiger partial charge is 0.268 e. The molecule has 2 heterocycles. The molecule has 0 unspecified atom stereocenters. The lowest BCUT2D eigenvalue weighted by Crippen LogP contribution is -2.28. The van der Waals surface area contributed by atoms with Crippen molar-refractivity contribution in [2.75, 3.05) is 12.4 Å². The second-order valence-electron chi connectivity index (χ2n) is 6.96. The van der Waals surface area contributed by atoms with Crippen LogP contribution in [0.4, 0.5) is 5.69 Å². The number of carbonyl (C=O) groups excluding carboxylic acids is 1. The van der Waals surface area contributed by atoms with Crippen molar-refractivity contribution in [2.45, 2.75) is 44.3 Å². The quantitative estimate of drug-likeness (QED) is 0.828. The van der Waals surface area contributed by atoms with Crippen molar-refractivity contribution < 1.29 is 19.1 Å². The number of benzene rings is 1. The molecule has 0 bridgehead atoms. The van der Waals surface area contributed by atoms with Crippen molar-refractivity contribution in [2.24, 2.45) is 5.16 Å². The molecule has 1 aromatic heterocycles. The third-order valence-electron chi connectivity index (χ3n) is 4.98. The number of pyridine rings is 1. The van der Waals surface area contributed by atoms with Crippen LogP contribution in [0.1, 0.15) is 37.7 Å². The van der Waals surface area contributed by atoms with Gasteiger partial charge in [-0.15, -0.1) is 0 Å². The van der Waals surface area contributed by atoms with Gasteiger partial charge in [-0.25, -0.2) is 0 Å². The molecule has 1 atom stereocenters. The first-order chi connectivity index (χ1) is 13.7. The Morgan fingerprint density at radius 3 is 2.82 bits per heavy atom. The topological polar surface area (TPSA) is 82.0 Å². The summed E-state index contributed by atoms with van der Waals surface area (Å²) in [5.74, 6) is 1.05. The van der Waals surface area contributed by atoms with E-state index in [-0.39, 0.29) is 12.0 Å². The summed E-state index contributed by atoms with van der Waals surface area (Å²) in [5.41, 5.74) is 2.21. The fourth-order valence-electron chi connectivity index (χ4n) is 3.48. The van der Waals surface area contributed by atoms with E-state index in [1.807, 2.05) is 12.1 Å². The van der Waals surface area contributed by atoms with Crippen LogP contribution in [0.5, 0.6) is 11.5 Å². The zero-order valence-electron chi connectivity index (χ0n) is 15.8. The maximum atomic E-state index is 12.6. The Labute approximate surface area is 163 Å². The molecule has 0 radical (unpaired) electrons. The number of hydrogen-bond donors (Lipinski definition) is 1. The van der Waals surface area contributed by atoms with Crippen LogP contribution in [0, 0.1) is 0 Å². The van der Waals surface area contributed by atoms with Gasteiger partial charge in [0.15, 0.2) is 11.5 Å². The third-order valence-corrected chi connectivity index (χ3v) is 4.98. The molecule has 0 saturated heterocycles. The van der Waals surface area contributed by atoms with Gasteiger partial charge in [0.25, 0.3) is 5.91 Å². The highest BCUT2D eigenvalue weighted by Gasteiger charge is 2.29. The molecule has 1 fully saturated rings. The zero-order chi connectivity index (χ0) is 19.3. The highest BCUT2D eigenvalue weighted by atomic mass is 16.6. The van der Waals surface area contributed by atoms with E-state index in [1.54, 1.807) is 37.7 Å². The number of hydrogen-bond acceptors (Lipinski definition) is 6. The number of anilines is 1. The fraction of sp³-hybridized carbons (Fsp3) is 0.381. The number of ether oxygens (including phenoxy) is 2. The third kappa shape index (κ3) is 4.08. The van der Waals surface area contributed by atoms with Crippen LogP contribution >= 0.6 is 0 Å². The first-order valence-electron chi connectivity index (χ1n) is 9.51. The summed E-state index contributed by atoms with van der Waals surface area (Å²) in [4.78, 5) is 22.0.